The van der Waals surface area contributed by atoms with Gasteiger partial charge in [0.1, 0.15) is 0 Å². The van der Waals surface area contributed by atoms with Crippen LogP contribution in [-0.4, -0.2) is 52.8 Å². The minimum atomic E-state index is -2.18. The maximum atomic E-state index is 11.6. The summed E-state index contributed by atoms with van der Waals surface area (Å²) in [5.74, 6) is 0.574. The third-order valence-electron chi connectivity index (χ3n) is 3.34. The number of alkyl halides is 3. The minimum absolute atomic E-state index is 0.256. The van der Waals surface area contributed by atoms with Gasteiger partial charge in [0.15, 0.2) is 0 Å². The summed E-state index contributed by atoms with van der Waals surface area (Å²) in [5.41, 5.74) is 0. The van der Waals surface area contributed by atoms with Crippen LogP contribution in [0.3, 0.4) is 0 Å². The fourth-order valence-corrected chi connectivity index (χ4v) is 3.40. The quantitative estimate of drug-likeness (QED) is 0.266. The van der Waals surface area contributed by atoms with Crippen molar-refractivity contribution >= 4 is 12.8 Å². The molecule has 2 N–H and O–H groups in total. The van der Waals surface area contributed by atoms with E-state index in [0.717, 1.165) is 25.8 Å². The Morgan fingerprint density at radius 1 is 1.18 bits per heavy atom. The first-order valence-electron chi connectivity index (χ1n) is 7.88. The van der Waals surface area contributed by atoms with Crippen molar-refractivity contribution in [2.75, 3.05) is 27.9 Å². The van der Waals surface area contributed by atoms with Crippen LogP contribution in [0.4, 0.5) is 4.79 Å². The van der Waals surface area contributed by atoms with Crippen LogP contribution in [0, 0.1) is 5.92 Å². The molecule has 0 fully saturated rings. The predicted molar refractivity (Wildman–Crippen MR) is 91.7 cm³/mol. The molecule has 0 aliphatic carbocycles. The molecule has 0 aromatic carbocycles. The number of nitrogens with zero attached hydrogens (tertiary/aromatic N) is 1. The zero-order chi connectivity index (χ0) is 17.2. The molecule has 0 spiro atoms. The molecule has 6 heteroatoms. The van der Waals surface area contributed by atoms with Gasteiger partial charge in [0, 0.05) is 0 Å². The maximum absolute atomic E-state index is 11.6. The number of aliphatic imine (C=N–C) groups is 1. The fourth-order valence-electron chi connectivity index (χ4n) is 2.05. The van der Waals surface area contributed by atoms with Gasteiger partial charge >= 0.3 is 122 Å². The van der Waals surface area contributed by atoms with E-state index < -0.39 is 18.8 Å². The summed E-state index contributed by atoms with van der Waals surface area (Å²) in [6, 6.07) is 0.765. The van der Waals surface area contributed by atoms with Gasteiger partial charge in [-0.25, -0.2) is 0 Å². The Morgan fingerprint density at radius 3 is 2.32 bits per heavy atom. The Morgan fingerprint density at radius 2 is 1.77 bits per heavy atom. The monoisotopic (exact) mass is 428 g/mol. The van der Waals surface area contributed by atoms with E-state index in [4.69, 9.17) is 3.07 Å². The van der Waals surface area contributed by atoms with Crippen molar-refractivity contribution in [3.8, 4) is 0 Å². The molecule has 0 bridgehead atoms. The Bertz CT molecular complexity index is 332. The molecule has 1 amide bonds. The number of amides is 1. The third kappa shape index (κ3) is 13.3. The second-order valence-electron chi connectivity index (χ2n) is 6.69. The molecule has 0 rings (SSSR count). The van der Waals surface area contributed by atoms with Gasteiger partial charge in [-0.2, -0.15) is 0 Å². The molecule has 22 heavy (non-hydrogen) atoms. The predicted octanol–water partition coefficient (Wildman–Crippen LogP) is -0.449. The summed E-state index contributed by atoms with van der Waals surface area (Å²) in [6.07, 6.45) is 2.84. The summed E-state index contributed by atoms with van der Waals surface area (Å²) in [4.78, 5) is 21.7. The van der Waals surface area contributed by atoms with Crippen LogP contribution in [0.5, 0.6) is 0 Å². The molecular weight excluding hydrogens is 393 g/mol. The molecule has 0 saturated carbocycles. The molecule has 0 aromatic heterocycles. The average molecular weight is 428 g/mol. The number of carbonyl (C=O) groups excluding carboxylic acids is 1. The second-order valence-corrected chi connectivity index (χ2v) is 16.2. The van der Waals surface area contributed by atoms with Crippen LogP contribution >= 0.6 is 0 Å². The van der Waals surface area contributed by atoms with Gasteiger partial charge in [-0.05, 0) is 13.6 Å². The van der Waals surface area contributed by atoms with Gasteiger partial charge in [-0.15, -0.1) is 0 Å². The molecule has 0 saturated heterocycles. The van der Waals surface area contributed by atoms with E-state index in [1.165, 1.54) is 0 Å². The Kier molecular flexibility index (Phi) is 11.0. The van der Waals surface area contributed by atoms with E-state index in [0.29, 0.717) is 24.5 Å². The Hall–Kier alpha value is -0.370. The number of halogens is 1. The SMILES string of the molecule is C=N[C@@H](C)C[C@H](C)NCC[C@H](C)CCNC(=O)O[I-](C)(C)C. The summed E-state index contributed by atoms with van der Waals surface area (Å²) < 4.78 is 5.38. The molecule has 0 radical (unpaired) electrons. The molecule has 0 aliphatic heterocycles. The molecular formula is C16H35IN3O2-. The van der Waals surface area contributed by atoms with Crippen LogP contribution in [0.25, 0.3) is 0 Å². The standard InChI is InChI=1S/C16H35IN3O2/c1-13(8-10-19-15(3)12-14(2)18-7)9-11-20-16(21)22-17(4,5)6/h13-15,19H,7-12H2,1-6H3,(H,20,21)/q-1/t13-,14-,15-/m0/s1. The van der Waals surface area contributed by atoms with Crippen LogP contribution < -0.4 is 29.5 Å². The molecule has 0 unspecified atom stereocenters. The van der Waals surface area contributed by atoms with E-state index in [2.05, 4.69) is 43.1 Å². The van der Waals surface area contributed by atoms with E-state index in [9.17, 15) is 4.79 Å². The molecule has 5 nitrogen and oxygen atoms in total. The summed E-state index contributed by atoms with van der Waals surface area (Å²) in [5, 5.41) is 6.36. The zero-order valence-corrected chi connectivity index (χ0v) is 17.3. The normalized spacial score (nSPS) is 16.5. The van der Waals surface area contributed by atoms with E-state index in [1.807, 2.05) is 14.8 Å². The van der Waals surface area contributed by atoms with Crippen molar-refractivity contribution in [1.29, 1.82) is 0 Å². The van der Waals surface area contributed by atoms with Crippen molar-refractivity contribution in [1.82, 2.24) is 10.6 Å². The molecule has 134 valence electrons. The van der Waals surface area contributed by atoms with Crippen molar-refractivity contribution in [2.24, 2.45) is 10.9 Å². The third-order valence-corrected chi connectivity index (χ3v) is 5.07. The van der Waals surface area contributed by atoms with Gasteiger partial charge in [0.25, 0.3) is 0 Å². The van der Waals surface area contributed by atoms with Gasteiger partial charge in [0.2, 0.25) is 0 Å². The van der Waals surface area contributed by atoms with Gasteiger partial charge < -0.3 is 0 Å². The van der Waals surface area contributed by atoms with E-state index in [1.54, 1.807) is 0 Å². The van der Waals surface area contributed by atoms with Gasteiger partial charge in [0.05, 0.1) is 0 Å². The molecule has 0 heterocycles. The van der Waals surface area contributed by atoms with Gasteiger partial charge in [-0.3, -0.25) is 4.99 Å². The first kappa shape index (κ1) is 21.6. The Balaban J connectivity index is 3.68. The number of hydrogen-bond acceptors (Lipinski definition) is 4. The topological polar surface area (TPSA) is 62.7 Å². The van der Waals surface area contributed by atoms with Crippen LogP contribution in [0.1, 0.15) is 40.0 Å². The number of hydrogen-bond donors (Lipinski definition) is 2. The van der Waals surface area contributed by atoms with Gasteiger partial charge in [-0.1, -0.05) is 0 Å². The molecule has 0 aromatic rings. The van der Waals surface area contributed by atoms with Crippen molar-refractivity contribution < 1.29 is 26.7 Å². The number of carbonyl (C=O) groups is 1. The first-order chi connectivity index (χ1) is 10.1. The summed E-state index contributed by atoms with van der Waals surface area (Å²) >= 11 is -2.18. The van der Waals surface area contributed by atoms with E-state index in [-0.39, 0.29) is 6.09 Å². The van der Waals surface area contributed by atoms with Crippen LogP contribution in [0.2, 0.25) is 0 Å². The average Bonchev–Trinajstić information content (AvgIpc) is 2.36. The van der Waals surface area contributed by atoms with Crippen molar-refractivity contribution in [2.45, 2.75) is 52.1 Å². The summed E-state index contributed by atoms with van der Waals surface area (Å²) in [7, 11) is 0. The fraction of sp³-hybridized carbons (Fsp3) is 0.875. The summed E-state index contributed by atoms with van der Waals surface area (Å²) in [6.45, 7) is 11.7. The van der Waals surface area contributed by atoms with Crippen molar-refractivity contribution in [3.63, 3.8) is 0 Å². The Labute approximate surface area is 141 Å². The number of rotatable bonds is 11. The zero-order valence-electron chi connectivity index (χ0n) is 15.1. The first-order valence-corrected chi connectivity index (χ1v) is 15.2. The number of nitrogens with one attached hydrogen (secondary N) is 2. The molecule has 0 aliphatic rings. The van der Waals surface area contributed by atoms with E-state index >= 15 is 0 Å². The second kappa shape index (κ2) is 11.2. The van der Waals surface area contributed by atoms with Crippen molar-refractivity contribution in [3.05, 3.63) is 0 Å². The molecule has 3 atom stereocenters. The van der Waals surface area contributed by atoms with Crippen LogP contribution in [0.15, 0.2) is 4.99 Å². The van der Waals surface area contributed by atoms with Crippen LogP contribution in [-0.2, 0) is 3.07 Å².